The van der Waals surface area contributed by atoms with Gasteiger partial charge in [-0.25, -0.2) is 14.4 Å². The van der Waals surface area contributed by atoms with Crippen molar-refractivity contribution < 1.29 is 23.9 Å². The fraction of sp³-hybridized carbons (Fsp3) is 0.320. The summed E-state index contributed by atoms with van der Waals surface area (Å²) in [6.45, 7) is 4.29. The number of para-hydroxylation sites is 2. The first-order valence-electron chi connectivity index (χ1n) is 11.1. The highest BCUT2D eigenvalue weighted by Gasteiger charge is 2.36. The maximum Gasteiger partial charge on any atom is 0.337 e. The molecule has 4 amide bonds. The predicted molar refractivity (Wildman–Crippen MR) is 130 cm³/mol. The fourth-order valence-electron chi connectivity index (χ4n) is 3.82. The highest BCUT2D eigenvalue weighted by atomic mass is 16.5. The van der Waals surface area contributed by atoms with Crippen LogP contribution in [-0.4, -0.2) is 43.7 Å². The first-order valence-corrected chi connectivity index (χ1v) is 11.1. The average molecular weight is 467 g/mol. The summed E-state index contributed by atoms with van der Waals surface area (Å²) in [5, 5.41) is 8.43. The van der Waals surface area contributed by atoms with Crippen LogP contribution in [0.5, 0.6) is 5.75 Å². The topological polar surface area (TPSA) is 109 Å². The van der Waals surface area contributed by atoms with Gasteiger partial charge >= 0.3 is 18.0 Å². The van der Waals surface area contributed by atoms with Gasteiger partial charge in [0.05, 0.1) is 31.5 Å². The Kier molecular flexibility index (Phi) is 8.13. The largest absolute Gasteiger partial charge is 0.495 e. The Morgan fingerprint density at radius 2 is 1.85 bits per heavy atom. The molecular formula is C25H30N4O5. The quantitative estimate of drug-likeness (QED) is 0.491. The minimum Gasteiger partial charge on any atom is -0.495 e. The Labute approximate surface area is 199 Å². The second-order valence-corrected chi connectivity index (χ2v) is 7.78. The first-order chi connectivity index (χ1) is 16.4. The number of ether oxygens (including phenoxy) is 2. The van der Waals surface area contributed by atoms with Crippen LogP contribution in [0.3, 0.4) is 0 Å². The minimum absolute atomic E-state index is 0.282. The molecule has 180 valence electrons. The zero-order valence-electron chi connectivity index (χ0n) is 19.8. The summed E-state index contributed by atoms with van der Waals surface area (Å²) in [6.07, 6.45) is 1.73. The molecule has 1 aliphatic heterocycles. The first kappa shape index (κ1) is 24.6. The second-order valence-electron chi connectivity index (χ2n) is 7.78. The van der Waals surface area contributed by atoms with Crippen molar-refractivity contribution in [2.45, 2.75) is 32.7 Å². The Morgan fingerprint density at radius 1 is 1.09 bits per heavy atom. The third kappa shape index (κ3) is 5.48. The summed E-state index contributed by atoms with van der Waals surface area (Å²) in [7, 11) is 2.84. The summed E-state index contributed by atoms with van der Waals surface area (Å²) in [5.41, 5.74) is 2.57. The molecule has 9 heteroatoms. The van der Waals surface area contributed by atoms with Crippen molar-refractivity contribution in [3.05, 3.63) is 65.4 Å². The molecule has 0 aromatic heterocycles. The van der Waals surface area contributed by atoms with Gasteiger partial charge in [-0.1, -0.05) is 37.6 Å². The van der Waals surface area contributed by atoms with Crippen LogP contribution in [-0.2, 0) is 9.53 Å². The zero-order valence-corrected chi connectivity index (χ0v) is 19.8. The Morgan fingerprint density at radius 3 is 2.56 bits per heavy atom. The third-order valence-corrected chi connectivity index (χ3v) is 5.57. The van der Waals surface area contributed by atoms with Gasteiger partial charge in [-0.15, -0.1) is 0 Å². The van der Waals surface area contributed by atoms with Crippen LogP contribution in [0.15, 0.2) is 59.8 Å². The molecule has 1 aliphatic rings. The van der Waals surface area contributed by atoms with E-state index in [1.165, 1.54) is 14.2 Å². The monoisotopic (exact) mass is 466 g/mol. The fourth-order valence-corrected chi connectivity index (χ4v) is 3.82. The lowest BCUT2D eigenvalue weighted by Gasteiger charge is -2.35. The van der Waals surface area contributed by atoms with Crippen molar-refractivity contribution in [1.29, 1.82) is 0 Å². The number of hydrogen-bond donors (Lipinski definition) is 3. The normalized spacial score (nSPS) is 15.5. The van der Waals surface area contributed by atoms with E-state index < -0.39 is 18.0 Å². The number of hydrogen-bond acceptors (Lipinski definition) is 5. The maximum atomic E-state index is 12.8. The van der Waals surface area contributed by atoms with Crippen LogP contribution in [0.4, 0.5) is 21.0 Å². The number of urea groups is 2. The van der Waals surface area contributed by atoms with Crippen molar-refractivity contribution in [2.75, 3.05) is 31.4 Å². The number of carbonyl (C=O) groups excluding carboxylic acids is 3. The van der Waals surface area contributed by atoms with E-state index in [1.54, 1.807) is 54.3 Å². The summed E-state index contributed by atoms with van der Waals surface area (Å²) in [6, 6.07) is 12.6. The number of carbonyl (C=O) groups is 3. The number of nitrogens with one attached hydrogen (secondary N) is 3. The third-order valence-electron chi connectivity index (χ3n) is 5.57. The molecule has 0 saturated carbocycles. The van der Waals surface area contributed by atoms with Gasteiger partial charge < -0.3 is 25.4 Å². The molecule has 3 rings (SSSR count). The van der Waals surface area contributed by atoms with E-state index in [2.05, 4.69) is 16.0 Å². The zero-order chi connectivity index (χ0) is 24.7. The number of amides is 4. The lowest BCUT2D eigenvalue weighted by atomic mass is 9.94. The van der Waals surface area contributed by atoms with E-state index in [0.29, 0.717) is 40.5 Å². The van der Waals surface area contributed by atoms with Gasteiger partial charge in [-0.3, -0.25) is 4.90 Å². The molecule has 0 fully saturated rings. The second kappa shape index (κ2) is 11.2. The molecule has 0 bridgehead atoms. The number of esters is 1. The maximum absolute atomic E-state index is 12.8. The van der Waals surface area contributed by atoms with Gasteiger partial charge in [0.1, 0.15) is 5.75 Å². The molecule has 2 aromatic carbocycles. The van der Waals surface area contributed by atoms with E-state index in [-0.39, 0.29) is 6.03 Å². The van der Waals surface area contributed by atoms with E-state index >= 15 is 0 Å². The lowest BCUT2D eigenvalue weighted by molar-refractivity contribution is -0.136. The number of nitrogens with zero attached hydrogens (tertiary/aromatic N) is 1. The van der Waals surface area contributed by atoms with Gasteiger partial charge in [-0.2, -0.15) is 0 Å². The summed E-state index contributed by atoms with van der Waals surface area (Å²) in [5.74, 6) is 0.0172. The van der Waals surface area contributed by atoms with E-state index in [1.807, 2.05) is 13.0 Å². The van der Waals surface area contributed by atoms with Gasteiger partial charge in [0, 0.05) is 17.9 Å². The van der Waals surface area contributed by atoms with Crippen LogP contribution in [0.2, 0.25) is 0 Å². The van der Waals surface area contributed by atoms with Crippen molar-refractivity contribution >= 4 is 29.4 Å². The van der Waals surface area contributed by atoms with Crippen LogP contribution >= 0.6 is 0 Å². The molecule has 0 radical (unpaired) electrons. The van der Waals surface area contributed by atoms with E-state index in [0.717, 1.165) is 12.8 Å². The van der Waals surface area contributed by atoms with Crippen LogP contribution in [0.1, 0.15) is 38.3 Å². The van der Waals surface area contributed by atoms with Crippen molar-refractivity contribution in [2.24, 2.45) is 0 Å². The molecule has 1 atom stereocenters. The van der Waals surface area contributed by atoms with Crippen LogP contribution < -0.4 is 20.7 Å². The molecule has 3 N–H and O–H groups in total. The van der Waals surface area contributed by atoms with Gasteiger partial charge in [0.2, 0.25) is 0 Å². The lowest BCUT2D eigenvalue weighted by Crippen LogP contribution is -2.48. The molecule has 2 aromatic rings. The molecular weight excluding hydrogens is 436 g/mol. The van der Waals surface area contributed by atoms with Crippen LogP contribution in [0.25, 0.3) is 0 Å². The van der Waals surface area contributed by atoms with Gasteiger partial charge in [0.15, 0.2) is 0 Å². The Bertz CT molecular complexity index is 1100. The van der Waals surface area contributed by atoms with E-state index in [9.17, 15) is 14.4 Å². The number of methoxy groups -OCH3 is 2. The summed E-state index contributed by atoms with van der Waals surface area (Å²) < 4.78 is 10.3. The summed E-state index contributed by atoms with van der Waals surface area (Å²) in [4.78, 5) is 39.6. The van der Waals surface area contributed by atoms with Gasteiger partial charge in [-0.05, 0) is 43.2 Å². The Hall–Kier alpha value is -4.01. The molecule has 1 unspecified atom stereocenters. The molecule has 1 heterocycles. The molecule has 0 saturated heterocycles. The predicted octanol–water partition coefficient (Wildman–Crippen LogP) is 4.65. The van der Waals surface area contributed by atoms with Crippen molar-refractivity contribution in [1.82, 2.24) is 10.2 Å². The smallest absolute Gasteiger partial charge is 0.337 e. The number of benzene rings is 2. The van der Waals surface area contributed by atoms with E-state index in [4.69, 9.17) is 9.47 Å². The molecule has 0 spiro atoms. The SMILES string of the molecule is CCCCN1C(=O)NC(c2cccc(NC(=O)Nc3ccccc3OC)c2)C(C(=O)OC)=C1C. The molecule has 34 heavy (non-hydrogen) atoms. The van der Waals surface area contributed by atoms with Gasteiger partial charge in [0.25, 0.3) is 0 Å². The van der Waals surface area contributed by atoms with Crippen LogP contribution in [0, 0.1) is 0 Å². The standard InChI is InChI=1S/C25H30N4O5/c1-5-6-14-29-16(2)21(23(30)34-4)22(28-25(29)32)17-10-9-11-18(15-17)26-24(31)27-19-12-7-8-13-20(19)33-3/h7-13,15,22H,5-6,14H2,1-4H3,(H,28,32)(H2,26,27,31). The number of allylic oxidation sites excluding steroid dienone is 1. The van der Waals surface area contributed by atoms with Crippen molar-refractivity contribution in [3.63, 3.8) is 0 Å². The summed E-state index contributed by atoms with van der Waals surface area (Å²) >= 11 is 0. The molecule has 0 aliphatic carbocycles. The average Bonchev–Trinajstić information content (AvgIpc) is 2.83. The Balaban J connectivity index is 1.85. The number of rotatable bonds is 8. The highest BCUT2D eigenvalue weighted by Crippen LogP contribution is 2.32. The molecule has 9 nitrogen and oxygen atoms in total. The highest BCUT2D eigenvalue weighted by molar-refractivity contribution is 6.01. The van der Waals surface area contributed by atoms with Crippen molar-refractivity contribution in [3.8, 4) is 5.75 Å². The number of unbranched alkanes of at least 4 members (excludes halogenated alkanes) is 1. The number of anilines is 2. The minimum atomic E-state index is -0.711.